The molecule has 2 aliphatic rings. The molecule has 0 aliphatic carbocycles. The Morgan fingerprint density at radius 2 is 1.62 bits per heavy atom. The molecule has 3 rings (SSSR count). The van der Waals surface area contributed by atoms with Crippen LogP contribution in [0.4, 0.5) is 5.69 Å². The van der Waals surface area contributed by atoms with Gasteiger partial charge in [-0.25, -0.2) is 8.42 Å². The van der Waals surface area contributed by atoms with Gasteiger partial charge in [0.05, 0.1) is 6.26 Å². The van der Waals surface area contributed by atoms with Gasteiger partial charge in [0.2, 0.25) is 15.9 Å². The molecule has 0 saturated carbocycles. The summed E-state index contributed by atoms with van der Waals surface area (Å²) in [6.07, 6.45) is 5.27. The number of hydrogen-bond acceptors (Lipinski definition) is 4. The maximum Gasteiger partial charge on any atom is 0.238 e. The minimum Gasteiger partial charge on any atom is -0.371 e. The molecule has 0 spiro atoms. The Kier molecular flexibility index (Phi) is 6.58. The normalized spacial score (nSPS) is 22.5. The van der Waals surface area contributed by atoms with E-state index in [0.717, 1.165) is 38.8 Å². The number of piperidine rings is 2. The van der Waals surface area contributed by atoms with Gasteiger partial charge in [-0.3, -0.25) is 4.79 Å². The van der Waals surface area contributed by atoms with Crippen molar-refractivity contribution in [2.75, 3.05) is 30.8 Å². The minimum absolute atomic E-state index is 0.107. The van der Waals surface area contributed by atoms with Gasteiger partial charge in [0.1, 0.15) is 6.04 Å². The molecular weight excluding hydrogens is 386 g/mol. The van der Waals surface area contributed by atoms with Crippen LogP contribution in [-0.2, 0) is 20.2 Å². The quantitative estimate of drug-likeness (QED) is 0.812. The van der Waals surface area contributed by atoms with E-state index in [0.29, 0.717) is 13.0 Å². The SMILES string of the molecule is CC(C)(C)c1ccc(N2CCC(NC(=O)C3CCCCN3S(C)(=O)=O)CC2)cc1. The Hall–Kier alpha value is -1.60. The molecule has 1 aromatic rings. The molecule has 2 aliphatic heterocycles. The Morgan fingerprint density at radius 1 is 1.00 bits per heavy atom. The number of sulfonamides is 1. The zero-order valence-corrected chi connectivity index (χ0v) is 19.0. The third-order valence-corrected chi connectivity index (χ3v) is 7.41. The van der Waals surface area contributed by atoms with E-state index in [1.54, 1.807) is 0 Å². The van der Waals surface area contributed by atoms with E-state index >= 15 is 0 Å². The molecule has 1 amide bonds. The smallest absolute Gasteiger partial charge is 0.238 e. The summed E-state index contributed by atoms with van der Waals surface area (Å²) in [5, 5.41) is 3.12. The summed E-state index contributed by atoms with van der Waals surface area (Å²) in [5.74, 6) is -0.136. The topological polar surface area (TPSA) is 69.7 Å². The highest BCUT2D eigenvalue weighted by molar-refractivity contribution is 7.88. The molecule has 2 heterocycles. The lowest BCUT2D eigenvalue weighted by Gasteiger charge is -2.37. The molecule has 1 N–H and O–H groups in total. The lowest BCUT2D eigenvalue weighted by molar-refractivity contribution is -0.126. The molecule has 0 aromatic heterocycles. The molecule has 7 heteroatoms. The van der Waals surface area contributed by atoms with Crippen LogP contribution in [0, 0.1) is 0 Å². The zero-order chi connectivity index (χ0) is 21.2. The van der Waals surface area contributed by atoms with Crippen LogP contribution in [0.3, 0.4) is 0 Å². The molecule has 6 nitrogen and oxygen atoms in total. The molecule has 0 bridgehead atoms. The Balaban J connectivity index is 1.55. The monoisotopic (exact) mass is 421 g/mol. The number of benzene rings is 1. The third kappa shape index (κ3) is 5.51. The average Bonchev–Trinajstić information content (AvgIpc) is 2.67. The van der Waals surface area contributed by atoms with Gasteiger partial charge in [-0.2, -0.15) is 4.31 Å². The van der Waals surface area contributed by atoms with Crippen molar-refractivity contribution in [1.29, 1.82) is 0 Å². The highest BCUT2D eigenvalue weighted by atomic mass is 32.2. The van der Waals surface area contributed by atoms with Crippen molar-refractivity contribution in [2.45, 2.75) is 70.4 Å². The van der Waals surface area contributed by atoms with Crippen molar-refractivity contribution >= 4 is 21.6 Å². The standard InChI is InChI=1S/C22H35N3O3S/c1-22(2,3)17-8-10-19(11-9-17)24-15-12-18(13-16-24)23-21(26)20-7-5-6-14-25(20)29(4,27)28/h8-11,18,20H,5-7,12-16H2,1-4H3,(H,23,26). The van der Waals surface area contributed by atoms with E-state index in [-0.39, 0.29) is 17.4 Å². The van der Waals surface area contributed by atoms with E-state index in [2.05, 4.69) is 55.3 Å². The summed E-state index contributed by atoms with van der Waals surface area (Å²) in [6, 6.07) is 8.33. The highest BCUT2D eigenvalue weighted by Crippen LogP contribution is 2.27. The van der Waals surface area contributed by atoms with Gasteiger partial charge in [0.25, 0.3) is 0 Å². The Labute approximate surface area is 175 Å². The van der Waals surface area contributed by atoms with Gasteiger partial charge in [-0.1, -0.05) is 39.3 Å². The predicted octanol–water partition coefficient (Wildman–Crippen LogP) is 2.88. The van der Waals surface area contributed by atoms with Crippen LogP contribution in [0.1, 0.15) is 58.4 Å². The predicted molar refractivity (Wildman–Crippen MR) is 118 cm³/mol. The van der Waals surface area contributed by atoms with Crippen LogP contribution >= 0.6 is 0 Å². The molecule has 1 atom stereocenters. The van der Waals surface area contributed by atoms with E-state index < -0.39 is 16.1 Å². The molecule has 2 saturated heterocycles. The number of nitrogens with one attached hydrogen (secondary N) is 1. The fourth-order valence-corrected chi connectivity index (χ4v) is 5.44. The first-order chi connectivity index (χ1) is 13.6. The number of amides is 1. The van der Waals surface area contributed by atoms with Crippen LogP contribution in [0.15, 0.2) is 24.3 Å². The van der Waals surface area contributed by atoms with Crippen molar-refractivity contribution < 1.29 is 13.2 Å². The second kappa shape index (κ2) is 8.64. The van der Waals surface area contributed by atoms with Gasteiger partial charge in [-0.15, -0.1) is 0 Å². The molecule has 0 radical (unpaired) electrons. The zero-order valence-electron chi connectivity index (χ0n) is 18.1. The number of rotatable bonds is 4. The summed E-state index contributed by atoms with van der Waals surface area (Å²) in [7, 11) is -3.36. The Bertz CT molecular complexity index is 807. The summed E-state index contributed by atoms with van der Waals surface area (Å²) in [4.78, 5) is 15.1. The van der Waals surface area contributed by atoms with E-state index in [1.807, 2.05) is 0 Å². The number of nitrogens with zero attached hydrogens (tertiary/aromatic N) is 2. The summed E-state index contributed by atoms with van der Waals surface area (Å²) in [6.45, 7) is 8.87. The van der Waals surface area contributed by atoms with Gasteiger partial charge in [0.15, 0.2) is 0 Å². The van der Waals surface area contributed by atoms with E-state index in [9.17, 15) is 13.2 Å². The number of anilines is 1. The first-order valence-corrected chi connectivity index (χ1v) is 12.5. The summed E-state index contributed by atoms with van der Waals surface area (Å²) >= 11 is 0. The van der Waals surface area contributed by atoms with Crippen molar-refractivity contribution in [2.24, 2.45) is 0 Å². The second-order valence-corrected chi connectivity index (χ2v) is 11.4. The first-order valence-electron chi connectivity index (χ1n) is 10.7. The molecule has 162 valence electrons. The minimum atomic E-state index is -3.36. The average molecular weight is 422 g/mol. The molecular formula is C22H35N3O3S. The van der Waals surface area contributed by atoms with Crippen LogP contribution < -0.4 is 10.2 Å². The molecule has 29 heavy (non-hydrogen) atoms. The summed E-state index contributed by atoms with van der Waals surface area (Å²) in [5.41, 5.74) is 2.69. The summed E-state index contributed by atoms with van der Waals surface area (Å²) < 4.78 is 25.4. The van der Waals surface area contributed by atoms with Crippen LogP contribution in [-0.4, -0.2) is 56.6 Å². The van der Waals surface area contributed by atoms with Crippen molar-refractivity contribution in [3.63, 3.8) is 0 Å². The first kappa shape index (κ1) is 22.1. The Morgan fingerprint density at radius 3 is 2.17 bits per heavy atom. The number of hydrogen-bond donors (Lipinski definition) is 1. The largest absolute Gasteiger partial charge is 0.371 e. The van der Waals surface area contributed by atoms with Crippen molar-refractivity contribution in [1.82, 2.24) is 9.62 Å². The van der Waals surface area contributed by atoms with Crippen LogP contribution in [0.5, 0.6) is 0 Å². The van der Waals surface area contributed by atoms with Gasteiger partial charge < -0.3 is 10.2 Å². The molecule has 1 unspecified atom stereocenters. The van der Waals surface area contributed by atoms with E-state index in [1.165, 1.54) is 21.8 Å². The maximum atomic E-state index is 12.8. The fourth-order valence-electron chi connectivity index (χ4n) is 4.32. The fraction of sp³-hybridized carbons (Fsp3) is 0.682. The maximum absolute atomic E-state index is 12.8. The van der Waals surface area contributed by atoms with E-state index in [4.69, 9.17) is 0 Å². The second-order valence-electron chi connectivity index (χ2n) is 9.45. The lowest BCUT2D eigenvalue weighted by Crippen LogP contribution is -2.54. The highest BCUT2D eigenvalue weighted by Gasteiger charge is 2.35. The van der Waals surface area contributed by atoms with Crippen molar-refractivity contribution in [3.05, 3.63) is 29.8 Å². The lowest BCUT2D eigenvalue weighted by atomic mass is 9.87. The molecule has 1 aromatic carbocycles. The van der Waals surface area contributed by atoms with Gasteiger partial charge >= 0.3 is 0 Å². The van der Waals surface area contributed by atoms with Crippen LogP contribution in [0.2, 0.25) is 0 Å². The number of carbonyl (C=O) groups excluding carboxylic acids is 1. The van der Waals surface area contributed by atoms with Gasteiger partial charge in [0, 0.05) is 31.4 Å². The number of carbonyl (C=O) groups is 1. The van der Waals surface area contributed by atoms with Crippen LogP contribution in [0.25, 0.3) is 0 Å². The third-order valence-electron chi connectivity index (χ3n) is 6.12. The van der Waals surface area contributed by atoms with Crippen molar-refractivity contribution in [3.8, 4) is 0 Å². The molecule has 2 fully saturated rings. The van der Waals surface area contributed by atoms with Gasteiger partial charge in [-0.05, 0) is 48.8 Å².